The molecule has 3 heteroatoms. The molecular formula is C15H25N3. The Morgan fingerprint density at radius 3 is 2.61 bits per heavy atom. The zero-order valence-electron chi connectivity index (χ0n) is 12.0. The van der Waals surface area contributed by atoms with Gasteiger partial charge in [0, 0.05) is 30.2 Å². The summed E-state index contributed by atoms with van der Waals surface area (Å²) in [6.07, 6.45) is 7.01. The van der Waals surface area contributed by atoms with Gasteiger partial charge in [0.1, 0.15) is 0 Å². The summed E-state index contributed by atoms with van der Waals surface area (Å²) in [4.78, 5) is 10.2. The molecule has 18 heavy (non-hydrogen) atoms. The molecular weight excluding hydrogens is 222 g/mol. The van der Waals surface area contributed by atoms with E-state index in [9.17, 15) is 0 Å². The van der Waals surface area contributed by atoms with Crippen molar-refractivity contribution in [2.45, 2.75) is 40.7 Å². The predicted molar refractivity (Wildman–Crippen MR) is 79.9 cm³/mol. The second-order valence-corrected chi connectivity index (χ2v) is 4.27. The van der Waals surface area contributed by atoms with E-state index in [1.54, 1.807) is 0 Å². The lowest BCUT2D eigenvalue weighted by atomic mass is 10.2. The minimum absolute atomic E-state index is 0.966. The van der Waals surface area contributed by atoms with Gasteiger partial charge in [0.25, 0.3) is 0 Å². The standard InChI is InChI=1S/C15H25N3/c1-5-9-16-15(6-2)13-10-14(17-11-13)12-18(7-3)8-4/h6,9-11,17H,5,7-8,12H2,1-4H3/b15-6-,16-9?. The van der Waals surface area contributed by atoms with Crippen LogP contribution in [0.15, 0.2) is 23.3 Å². The monoisotopic (exact) mass is 247 g/mol. The highest BCUT2D eigenvalue weighted by molar-refractivity contribution is 5.73. The number of nitrogens with one attached hydrogen (secondary N) is 1. The fourth-order valence-corrected chi connectivity index (χ4v) is 1.87. The van der Waals surface area contributed by atoms with Gasteiger partial charge in [0.15, 0.2) is 0 Å². The van der Waals surface area contributed by atoms with Crippen LogP contribution in [0.3, 0.4) is 0 Å². The van der Waals surface area contributed by atoms with Crippen molar-refractivity contribution in [2.75, 3.05) is 13.1 Å². The molecule has 0 aromatic carbocycles. The lowest BCUT2D eigenvalue weighted by Crippen LogP contribution is -2.22. The summed E-state index contributed by atoms with van der Waals surface area (Å²) < 4.78 is 0. The molecule has 0 aliphatic rings. The molecule has 0 fully saturated rings. The lowest BCUT2D eigenvalue weighted by Gasteiger charge is -2.16. The molecule has 1 N–H and O–H groups in total. The summed E-state index contributed by atoms with van der Waals surface area (Å²) in [7, 11) is 0. The highest BCUT2D eigenvalue weighted by atomic mass is 15.1. The minimum Gasteiger partial charge on any atom is -0.363 e. The smallest absolute Gasteiger partial charge is 0.0670 e. The molecule has 0 aliphatic carbocycles. The predicted octanol–water partition coefficient (Wildman–Crippen LogP) is 3.70. The number of H-pyrrole nitrogens is 1. The molecule has 100 valence electrons. The van der Waals surface area contributed by atoms with E-state index in [4.69, 9.17) is 0 Å². The number of aromatic amines is 1. The van der Waals surface area contributed by atoms with Crippen LogP contribution < -0.4 is 0 Å². The van der Waals surface area contributed by atoms with Crippen LogP contribution in [0.4, 0.5) is 0 Å². The van der Waals surface area contributed by atoms with E-state index in [0.29, 0.717) is 0 Å². The topological polar surface area (TPSA) is 31.4 Å². The van der Waals surface area contributed by atoms with Gasteiger partial charge in [-0.1, -0.05) is 26.8 Å². The lowest BCUT2D eigenvalue weighted by molar-refractivity contribution is 0.293. The highest BCUT2D eigenvalue weighted by Crippen LogP contribution is 2.17. The Balaban J connectivity index is 2.75. The average molecular weight is 247 g/mol. The summed E-state index contributed by atoms with van der Waals surface area (Å²) >= 11 is 0. The molecule has 0 bridgehead atoms. The molecule has 0 aliphatic heterocycles. The summed E-state index contributed by atoms with van der Waals surface area (Å²) in [5.74, 6) is 0. The largest absolute Gasteiger partial charge is 0.363 e. The Bertz CT molecular complexity index is 398. The van der Waals surface area contributed by atoms with Crippen LogP contribution >= 0.6 is 0 Å². The van der Waals surface area contributed by atoms with Gasteiger partial charge < -0.3 is 4.98 Å². The maximum atomic E-state index is 4.47. The van der Waals surface area contributed by atoms with Crippen molar-refractivity contribution in [1.82, 2.24) is 9.88 Å². The second-order valence-electron chi connectivity index (χ2n) is 4.27. The van der Waals surface area contributed by atoms with Gasteiger partial charge in [0.05, 0.1) is 5.70 Å². The quantitative estimate of drug-likeness (QED) is 0.732. The first-order chi connectivity index (χ1) is 8.74. The SMILES string of the molecule is C/C=C(\N=CCC)c1c[nH]c(CN(CC)CC)c1. The molecule has 0 unspecified atom stereocenters. The Kier molecular flexibility index (Phi) is 6.44. The van der Waals surface area contributed by atoms with E-state index in [0.717, 1.165) is 31.8 Å². The van der Waals surface area contributed by atoms with Gasteiger partial charge in [0.2, 0.25) is 0 Å². The number of allylic oxidation sites excluding steroid dienone is 1. The minimum atomic E-state index is 0.966. The molecule has 1 aromatic rings. The zero-order chi connectivity index (χ0) is 13.4. The third kappa shape index (κ3) is 4.15. The van der Waals surface area contributed by atoms with Crippen LogP contribution in [0.2, 0.25) is 0 Å². The van der Waals surface area contributed by atoms with E-state index in [1.807, 2.05) is 19.3 Å². The Morgan fingerprint density at radius 1 is 1.33 bits per heavy atom. The number of nitrogens with zero attached hydrogens (tertiary/aromatic N) is 2. The fraction of sp³-hybridized carbons (Fsp3) is 0.533. The van der Waals surface area contributed by atoms with Crippen molar-refractivity contribution in [3.8, 4) is 0 Å². The molecule has 0 saturated heterocycles. The normalized spacial score (nSPS) is 12.8. The number of aliphatic imine (C=N–C) groups is 1. The van der Waals surface area contributed by atoms with Gasteiger partial charge >= 0.3 is 0 Å². The summed E-state index contributed by atoms with van der Waals surface area (Å²) in [5.41, 5.74) is 3.46. The first kappa shape index (κ1) is 14.7. The summed E-state index contributed by atoms with van der Waals surface area (Å²) in [6.45, 7) is 11.6. The Labute approximate surface area is 111 Å². The van der Waals surface area contributed by atoms with Crippen LogP contribution in [-0.4, -0.2) is 29.2 Å². The van der Waals surface area contributed by atoms with Crippen molar-refractivity contribution < 1.29 is 0 Å². The number of hydrogen-bond acceptors (Lipinski definition) is 2. The van der Waals surface area contributed by atoms with Crippen LogP contribution in [0.25, 0.3) is 5.70 Å². The van der Waals surface area contributed by atoms with Crippen molar-refractivity contribution >= 4 is 11.9 Å². The van der Waals surface area contributed by atoms with E-state index < -0.39 is 0 Å². The fourth-order valence-electron chi connectivity index (χ4n) is 1.87. The highest BCUT2D eigenvalue weighted by Gasteiger charge is 2.05. The van der Waals surface area contributed by atoms with E-state index in [-0.39, 0.29) is 0 Å². The zero-order valence-corrected chi connectivity index (χ0v) is 12.0. The third-order valence-corrected chi connectivity index (χ3v) is 3.01. The number of rotatable bonds is 7. The van der Waals surface area contributed by atoms with Gasteiger partial charge in [-0.25, -0.2) is 0 Å². The average Bonchev–Trinajstić information content (AvgIpc) is 2.85. The van der Waals surface area contributed by atoms with E-state index >= 15 is 0 Å². The van der Waals surface area contributed by atoms with E-state index in [1.165, 1.54) is 11.3 Å². The molecule has 1 aromatic heterocycles. The van der Waals surface area contributed by atoms with Crippen molar-refractivity contribution in [3.05, 3.63) is 29.6 Å². The van der Waals surface area contributed by atoms with Crippen molar-refractivity contribution in [1.29, 1.82) is 0 Å². The van der Waals surface area contributed by atoms with Crippen LogP contribution in [-0.2, 0) is 6.54 Å². The van der Waals surface area contributed by atoms with Gasteiger partial charge in [-0.15, -0.1) is 0 Å². The Morgan fingerprint density at radius 2 is 2.06 bits per heavy atom. The molecule has 1 rings (SSSR count). The van der Waals surface area contributed by atoms with Crippen LogP contribution in [0.5, 0.6) is 0 Å². The van der Waals surface area contributed by atoms with E-state index in [2.05, 4.69) is 47.8 Å². The molecule has 0 spiro atoms. The molecule has 1 heterocycles. The third-order valence-electron chi connectivity index (χ3n) is 3.01. The Hall–Kier alpha value is -1.35. The first-order valence-electron chi connectivity index (χ1n) is 6.83. The molecule has 0 amide bonds. The molecule has 0 radical (unpaired) electrons. The molecule has 0 atom stereocenters. The van der Waals surface area contributed by atoms with Crippen molar-refractivity contribution in [2.24, 2.45) is 4.99 Å². The number of hydrogen-bond donors (Lipinski definition) is 1. The van der Waals surface area contributed by atoms with Crippen LogP contribution in [0, 0.1) is 0 Å². The second kappa shape index (κ2) is 7.88. The number of aromatic nitrogens is 1. The van der Waals surface area contributed by atoms with Gasteiger partial charge in [-0.3, -0.25) is 9.89 Å². The maximum absolute atomic E-state index is 4.47. The van der Waals surface area contributed by atoms with Gasteiger partial charge in [-0.2, -0.15) is 0 Å². The first-order valence-corrected chi connectivity index (χ1v) is 6.83. The van der Waals surface area contributed by atoms with Gasteiger partial charge in [-0.05, 0) is 32.5 Å². The van der Waals surface area contributed by atoms with Crippen LogP contribution in [0.1, 0.15) is 45.4 Å². The summed E-state index contributed by atoms with van der Waals surface area (Å²) in [5, 5.41) is 0. The summed E-state index contributed by atoms with van der Waals surface area (Å²) in [6, 6.07) is 2.20. The van der Waals surface area contributed by atoms with Crippen molar-refractivity contribution in [3.63, 3.8) is 0 Å². The molecule has 0 saturated carbocycles. The molecule has 3 nitrogen and oxygen atoms in total. The maximum Gasteiger partial charge on any atom is 0.0670 e.